The third-order valence-electron chi connectivity index (χ3n) is 2.69. The van der Waals surface area contributed by atoms with Gasteiger partial charge in [0.1, 0.15) is 0 Å². The van der Waals surface area contributed by atoms with Gasteiger partial charge in [0, 0.05) is 32.2 Å². The lowest BCUT2D eigenvalue weighted by Gasteiger charge is -2.39. The quantitative estimate of drug-likeness (QED) is 0.714. The second-order valence-electron chi connectivity index (χ2n) is 4.69. The van der Waals surface area contributed by atoms with Gasteiger partial charge < -0.3 is 5.32 Å². The summed E-state index contributed by atoms with van der Waals surface area (Å²) in [4.78, 5) is 2.61. The van der Waals surface area contributed by atoms with Gasteiger partial charge in [-0.1, -0.05) is 27.7 Å². The van der Waals surface area contributed by atoms with Crippen molar-refractivity contribution in [2.45, 2.75) is 33.7 Å². The fourth-order valence-corrected chi connectivity index (χ4v) is 2.03. The fraction of sp³-hybridized carbons (Fsp3) is 0.909. The van der Waals surface area contributed by atoms with E-state index in [4.69, 9.17) is 0 Å². The number of rotatable bonds is 3. The monoisotopic (exact) mass is 183 g/mol. The molecule has 0 unspecified atom stereocenters. The third kappa shape index (κ3) is 3.28. The van der Waals surface area contributed by atoms with Gasteiger partial charge in [0.15, 0.2) is 0 Å². The Kier molecular flexibility index (Phi) is 4.20. The minimum atomic E-state index is 0.726. The summed E-state index contributed by atoms with van der Waals surface area (Å²) in [6, 6.07) is 0.726. The summed E-state index contributed by atoms with van der Waals surface area (Å²) in [5.74, 6) is 2.28. The van der Waals surface area contributed by atoms with Crippen LogP contribution in [0.5, 0.6) is 0 Å². The first kappa shape index (κ1) is 11.0. The maximum absolute atomic E-state index is 3.47. The molecule has 1 atom stereocenters. The molecule has 1 heterocycles. The van der Waals surface area contributed by atoms with E-state index in [1.807, 2.05) is 0 Å². The fourth-order valence-electron chi connectivity index (χ4n) is 2.03. The van der Waals surface area contributed by atoms with E-state index in [1.165, 1.54) is 19.0 Å². The predicted octanol–water partition coefficient (Wildman–Crippen LogP) is 1.53. The molecular weight excluding hydrogens is 160 g/mol. The standard InChI is InChI=1S/C11H23N2/c1-9(2)8-13-6-5-12-7-11(13)10(3)4/h10-12H,5-8H2,1-4H3/t11-/m1/s1. The summed E-state index contributed by atoms with van der Waals surface area (Å²) in [6.45, 7) is 13.8. The Morgan fingerprint density at radius 1 is 1.46 bits per heavy atom. The Morgan fingerprint density at radius 3 is 2.69 bits per heavy atom. The lowest BCUT2D eigenvalue weighted by molar-refractivity contribution is 0.130. The van der Waals surface area contributed by atoms with Crippen LogP contribution in [-0.4, -0.2) is 37.1 Å². The van der Waals surface area contributed by atoms with Gasteiger partial charge in [-0.05, 0) is 11.8 Å². The van der Waals surface area contributed by atoms with E-state index < -0.39 is 0 Å². The van der Waals surface area contributed by atoms with Gasteiger partial charge in [0.05, 0.1) is 0 Å². The van der Waals surface area contributed by atoms with Crippen molar-refractivity contribution in [2.75, 3.05) is 26.2 Å². The van der Waals surface area contributed by atoms with Crippen LogP contribution in [0.1, 0.15) is 27.7 Å². The van der Waals surface area contributed by atoms with Crippen LogP contribution in [0.15, 0.2) is 0 Å². The zero-order valence-electron chi connectivity index (χ0n) is 9.43. The van der Waals surface area contributed by atoms with Crippen molar-refractivity contribution in [1.82, 2.24) is 10.2 Å². The molecule has 1 N–H and O–H groups in total. The molecule has 1 radical (unpaired) electrons. The number of piperazine rings is 1. The highest BCUT2D eigenvalue weighted by molar-refractivity contribution is 4.89. The maximum atomic E-state index is 3.47. The largest absolute Gasteiger partial charge is 0.314 e. The Balaban J connectivity index is 2.46. The second-order valence-corrected chi connectivity index (χ2v) is 4.69. The number of hydrogen-bond donors (Lipinski definition) is 1. The first-order valence-electron chi connectivity index (χ1n) is 5.35. The normalized spacial score (nSPS) is 25.8. The summed E-state index contributed by atoms with van der Waals surface area (Å²) < 4.78 is 0. The van der Waals surface area contributed by atoms with E-state index in [0.29, 0.717) is 0 Å². The molecule has 0 aromatic rings. The molecule has 2 nitrogen and oxygen atoms in total. The molecule has 0 aliphatic carbocycles. The molecule has 2 heteroatoms. The van der Waals surface area contributed by atoms with Crippen LogP contribution >= 0.6 is 0 Å². The van der Waals surface area contributed by atoms with E-state index in [-0.39, 0.29) is 0 Å². The second kappa shape index (κ2) is 4.97. The molecule has 1 aliphatic rings. The lowest BCUT2D eigenvalue weighted by atomic mass is 9.99. The van der Waals surface area contributed by atoms with Gasteiger partial charge in [0.2, 0.25) is 0 Å². The van der Waals surface area contributed by atoms with E-state index in [2.05, 4.69) is 37.9 Å². The van der Waals surface area contributed by atoms with Crippen LogP contribution in [0.3, 0.4) is 0 Å². The zero-order valence-corrected chi connectivity index (χ0v) is 9.43. The van der Waals surface area contributed by atoms with Crippen molar-refractivity contribution in [3.63, 3.8) is 0 Å². The van der Waals surface area contributed by atoms with Crippen molar-refractivity contribution in [3.8, 4) is 0 Å². The molecule has 77 valence electrons. The Hall–Kier alpha value is -0.0800. The van der Waals surface area contributed by atoms with Crippen LogP contribution < -0.4 is 5.32 Å². The molecule has 0 aromatic heterocycles. The molecule has 0 aromatic carbocycles. The summed E-state index contributed by atoms with van der Waals surface area (Å²) in [5.41, 5.74) is 0. The molecule has 1 rings (SSSR count). The summed E-state index contributed by atoms with van der Waals surface area (Å²) >= 11 is 0. The molecule has 1 fully saturated rings. The first-order valence-corrected chi connectivity index (χ1v) is 5.35. The van der Waals surface area contributed by atoms with Crippen LogP contribution in [0, 0.1) is 11.8 Å². The first-order chi connectivity index (χ1) is 6.11. The molecule has 1 saturated heterocycles. The Bertz CT molecular complexity index is 143. The van der Waals surface area contributed by atoms with Crippen LogP contribution in [0.4, 0.5) is 0 Å². The van der Waals surface area contributed by atoms with Gasteiger partial charge >= 0.3 is 0 Å². The van der Waals surface area contributed by atoms with Gasteiger partial charge in [0.25, 0.3) is 0 Å². The Morgan fingerprint density at radius 2 is 2.15 bits per heavy atom. The average molecular weight is 183 g/mol. The smallest absolute Gasteiger partial charge is 0.0244 e. The molecule has 0 spiro atoms. The van der Waals surface area contributed by atoms with Crippen molar-refractivity contribution in [1.29, 1.82) is 0 Å². The lowest BCUT2D eigenvalue weighted by Crippen LogP contribution is -2.54. The maximum Gasteiger partial charge on any atom is 0.0244 e. The van der Waals surface area contributed by atoms with E-state index in [9.17, 15) is 0 Å². The minimum Gasteiger partial charge on any atom is -0.314 e. The molecule has 1 aliphatic heterocycles. The van der Waals surface area contributed by atoms with Crippen LogP contribution in [-0.2, 0) is 0 Å². The molecular formula is C11H23N2. The van der Waals surface area contributed by atoms with Gasteiger partial charge in [-0.3, -0.25) is 4.90 Å². The van der Waals surface area contributed by atoms with Crippen LogP contribution in [0.2, 0.25) is 0 Å². The summed E-state index contributed by atoms with van der Waals surface area (Å²) in [7, 11) is 0. The van der Waals surface area contributed by atoms with Gasteiger partial charge in [-0.2, -0.15) is 0 Å². The number of hydrogen-bond acceptors (Lipinski definition) is 2. The average Bonchev–Trinajstić information content (AvgIpc) is 2.03. The topological polar surface area (TPSA) is 15.3 Å². The van der Waals surface area contributed by atoms with Crippen molar-refractivity contribution in [3.05, 3.63) is 5.92 Å². The van der Waals surface area contributed by atoms with E-state index >= 15 is 0 Å². The summed E-state index contributed by atoms with van der Waals surface area (Å²) in [5, 5.41) is 3.47. The predicted molar refractivity (Wildman–Crippen MR) is 57.7 cm³/mol. The molecule has 0 bridgehead atoms. The summed E-state index contributed by atoms with van der Waals surface area (Å²) in [6.07, 6.45) is 0. The molecule has 0 saturated carbocycles. The van der Waals surface area contributed by atoms with Crippen molar-refractivity contribution in [2.24, 2.45) is 5.92 Å². The number of nitrogens with zero attached hydrogens (tertiary/aromatic N) is 1. The van der Waals surface area contributed by atoms with Gasteiger partial charge in [-0.15, -0.1) is 0 Å². The van der Waals surface area contributed by atoms with Crippen LogP contribution in [0.25, 0.3) is 0 Å². The zero-order chi connectivity index (χ0) is 9.84. The highest BCUT2D eigenvalue weighted by atomic mass is 15.2. The highest BCUT2D eigenvalue weighted by Crippen LogP contribution is 2.14. The van der Waals surface area contributed by atoms with E-state index in [1.54, 1.807) is 0 Å². The SMILES string of the molecule is C[C](C)CN1CCNC[C@@H]1C(C)C. The van der Waals surface area contributed by atoms with Gasteiger partial charge in [-0.25, -0.2) is 0 Å². The number of nitrogens with one attached hydrogen (secondary N) is 1. The third-order valence-corrected chi connectivity index (χ3v) is 2.69. The molecule has 0 amide bonds. The Labute approximate surface area is 82.7 Å². The highest BCUT2D eigenvalue weighted by Gasteiger charge is 2.24. The van der Waals surface area contributed by atoms with E-state index in [0.717, 1.165) is 25.0 Å². The van der Waals surface area contributed by atoms with Crippen molar-refractivity contribution >= 4 is 0 Å². The minimum absolute atomic E-state index is 0.726. The molecule has 13 heavy (non-hydrogen) atoms. The van der Waals surface area contributed by atoms with Crippen molar-refractivity contribution < 1.29 is 0 Å².